The van der Waals surface area contributed by atoms with Crippen LogP contribution in [-0.4, -0.2) is 40.6 Å². The molecular formula is C19H22O6. The summed E-state index contributed by atoms with van der Waals surface area (Å²) in [6, 6.07) is 0. The normalized spacial score (nSPS) is 37.4. The number of carbonyl (C=O) groups is 3. The van der Waals surface area contributed by atoms with Crippen LogP contribution < -0.4 is 0 Å². The summed E-state index contributed by atoms with van der Waals surface area (Å²) in [5.74, 6) is -2.50. The molecule has 0 amide bonds. The summed E-state index contributed by atoms with van der Waals surface area (Å²) in [5.41, 5.74) is -0.282. The summed E-state index contributed by atoms with van der Waals surface area (Å²) >= 11 is 0. The van der Waals surface area contributed by atoms with E-state index in [4.69, 9.17) is 9.47 Å². The molecule has 0 unspecified atom stereocenters. The summed E-state index contributed by atoms with van der Waals surface area (Å²) in [6.45, 7) is 12.4. The number of fused-ring (bicyclic) bond motifs is 3. The number of carbonyl (C=O) groups excluding carboxylic acids is 3. The lowest BCUT2D eigenvalue weighted by Gasteiger charge is -2.36. The number of hydrogen-bond acceptors (Lipinski definition) is 6. The second kappa shape index (κ2) is 5.66. The van der Waals surface area contributed by atoms with Gasteiger partial charge in [0.25, 0.3) is 0 Å². The molecule has 134 valence electrons. The molecule has 3 rings (SSSR count). The van der Waals surface area contributed by atoms with Crippen LogP contribution in [0.25, 0.3) is 0 Å². The van der Waals surface area contributed by atoms with E-state index in [2.05, 4.69) is 13.2 Å². The van der Waals surface area contributed by atoms with E-state index < -0.39 is 41.6 Å². The maximum Gasteiger partial charge on any atom is 0.334 e. The molecule has 0 aromatic carbocycles. The fourth-order valence-electron chi connectivity index (χ4n) is 4.26. The zero-order valence-corrected chi connectivity index (χ0v) is 14.6. The molecule has 1 saturated heterocycles. The molecule has 5 atom stereocenters. The highest BCUT2D eigenvalue weighted by Gasteiger charge is 2.63. The van der Waals surface area contributed by atoms with Gasteiger partial charge in [0, 0.05) is 35.5 Å². The molecule has 1 N–H and O–H groups in total. The Balaban J connectivity index is 2.12. The van der Waals surface area contributed by atoms with Crippen LogP contribution >= 0.6 is 0 Å². The van der Waals surface area contributed by atoms with Crippen molar-refractivity contribution in [1.82, 2.24) is 0 Å². The molecule has 1 aliphatic heterocycles. The summed E-state index contributed by atoms with van der Waals surface area (Å²) in [7, 11) is 0. The summed E-state index contributed by atoms with van der Waals surface area (Å²) < 4.78 is 11.0. The number of esters is 2. The number of hydrogen-bond donors (Lipinski definition) is 1. The van der Waals surface area contributed by atoms with Crippen molar-refractivity contribution < 1.29 is 29.0 Å². The molecule has 1 heterocycles. The molecule has 0 aromatic rings. The van der Waals surface area contributed by atoms with Crippen molar-refractivity contribution in [2.45, 2.75) is 51.4 Å². The van der Waals surface area contributed by atoms with Gasteiger partial charge in [-0.3, -0.25) is 4.79 Å². The van der Waals surface area contributed by atoms with Gasteiger partial charge in [0.15, 0.2) is 5.78 Å². The van der Waals surface area contributed by atoms with E-state index in [1.165, 1.54) is 6.92 Å². The van der Waals surface area contributed by atoms with E-state index in [0.29, 0.717) is 5.57 Å². The molecule has 25 heavy (non-hydrogen) atoms. The van der Waals surface area contributed by atoms with Gasteiger partial charge >= 0.3 is 11.9 Å². The highest BCUT2D eigenvalue weighted by molar-refractivity contribution is 6.02. The predicted molar refractivity (Wildman–Crippen MR) is 88.3 cm³/mol. The first-order valence-electron chi connectivity index (χ1n) is 8.31. The maximum absolute atomic E-state index is 12.5. The molecule has 0 radical (unpaired) electrons. The fraction of sp³-hybridized carbons (Fsp3) is 0.526. The lowest BCUT2D eigenvalue weighted by Crippen LogP contribution is -2.51. The minimum Gasteiger partial charge on any atom is -0.458 e. The van der Waals surface area contributed by atoms with Crippen LogP contribution in [0.3, 0.4) is 0 Å². The monoisotopic (exact) mass is 346 g/mol. The SMILES string of the molecule is C=C(C)C(=O)O[C@H]1CC(C)=C2C(=O)C[C@@H](C)[C@]2(O)[C@H]2OC(=O)C(=C)[C@H]12. The van der Waals surface area contributed by atoms with Gasteiger partial charge in [0.2, 0.25) is 0 Å². The van der Waals surface area contributed by atoms with Crippen LogP contribution in [0.5, 0.6) is 0 Å². The Morgan fingerprint density at radius 3 is 2.60 bits per heavy atom. The highest BCUT2D eigenvalue weighted by Crippen LogP contribution is 2.52. The molecule has 2 aliphatic carbocycles. The summed E-state index contributed by atoms with van der Waals surface area (Å²) in [5, 5.41) is 11.4. The lowest BCUT2D eigenvalue weighted by atomic mass is 9.77. The minimum absolute atomic E-state index is 0.151. The summed E-state index contributed by atoms with van der Waals surface area (Å²) in [6.07, 6.45) is -1.34. The fourth-order valence-corrected chi connectivity index (χ4v) is 4.26. The van der Waals surface area contributed by atoms with Crippen molar-refractivity contribution in [3.63, 3.8) is 0 Å². The third-order valence-corrected chi connectivity index (χ3v) is 5.52. The third-order valence-electron chi connectivity index (χ3n) is 5.52. The predicted octanol–water partition coefficient (Wildman–Crippen LogP) is 1.63. The first kappa shape index (κ1) is 17.6. The van der Waals surface area contributed by atoms with Crippen LogP contribution in [0, 0.1) is 11.8 Å². The van der Waals surface area contributed by atoms with Crippen molar-refractivity contribution in [1.29, 1.82) is 0 Å². The molecule has 2 fully saturated rings. The van der Waals surface area contributed by atoms with Crippen molar-refractivity contribution in [3.8, 4) is 0 Å². The van der Waals surface area contributed by atoms with Gasteiger partial charge in [-0.15, -0.1) is 0 Å². The van der Waals surface area contributed by atoms with E-state index in [1.807, 2.05) is 0 Å². The first-order chi connectivity index (χ1) is 11.6. The number of ketones is 1. The number of rotatable bonds is 2. The second-order valence-electron chi connectivity index (χ2n) is 7.31. The topological polar surface area (TPSA) is 89.9 Å². The van der Waals surface area contributed by atoms with Gasteiger partial charge in [-0.25, -0.2) is 9.59 Å². The standard InChI is InChI=1S/C19H22O6/c1-8(2)17(21)24-13-6-9(3)15-12(20)7-10(4)19(15,23)16-14(13)11(5)18(22)25-16/h10,13-14,16,23H,1,5-7H2,2-4H3/t10-,13+,14-,16+,19-/m1/s1. The highest BCUT2D eigenvalue weighted by atomic mass is 16.6. The Kier molecular flexibility index (Phi) is 3.99. The Labute approximate surface area is 146 Å². The maximum atomic E-state index is 12.5. The van der Waals surface area contributed by atoms with E-state index >= 15 is 0 Å². The van der Waals surface area contributed by atoms with E-state index in [1.54, 1.807) is 13.8 Å². The van der Waals surface area contributed by atoms with E-state index in [-0.39, 0.29) is 35.3 Å². The number of ether oxygens (including phenoxy) is 2. The molecule has 6 nitrogen and oxygen atoms in total. The number of Topliss-reactive ketones (excluding diaryl/α,β-unsaturated/α-hetero) is 1. The van der Waals surface area contributed by atoms with Gasteiger partial charge in [-0.1, -0.05) is 25.7 Å². The van der Waals surface area contributed by atoms with Gasteiger partial charge in [-0.05, 0) is 13.8 Å². The minimum atomic E-state index is -1.59. The van der Waals surface area contributed by atoms with Crippen LogP contribution in [0.1, 0.15) is 33.6 Å². The molecule has 0 aromatic heterocycles. The Morgan fingerprint density at radius 2 is 2.00 bits per heavy atom. The molecule has 6 heteroatoms. The van der Waals surface area contributed by atoms with Crippen molar-refractivity contribution >= 4 is 17.7 Å². The van der Waals surface area contributed by atoms with Gasteiger partial charge in [0.1, 0.15) is 17.8 Å². The Bertz CT molecular complexity index is 745. The van der Waals surface area contributed by atoms with Crippen LogP contribution in [0.15, 0.2) is 35.5 Å². The van der Waals surface area contributed by atoms with Crippen molar-refractivity contribution in [3.05, 3.63) is 35.5 Å². The van der Waals surface area contributed by atoms with E-state index in [9.17, 15) is 19.5 Å². The van der Waals surface area contributed by atoms with Crippen LogP contribution in [-0.2, 0) is 23.9 Å². The largest absolute Gasteiger partial charge is 0.458 e. The van der Waals surface area contributed by atoms with Gasteiger partial charge in [0.05, 0.1) is 5.92 Å². The van der Waals surface area contributed by atoms with Gasteiger partial charge < -0.3 is 14.6 Å². The lowest BCUT2D eigenvalue weighted by molar-refractivity contribution is -0.159. The second-order valence-corrected chi connectivity index (χ2v) is 7.31. The third kappa shape index (κ3) is 2.39. The number of aliphatic hydroxyl groups is 1. The van der Waals surface area contributed by atoms with Crippen LogP contribution in [0.2, 0.25) is 0 Å². The molecule has 1 saturated carbocycles. The first-order valence-corrected chi connectivity index (χ1v) is 8.31. The van der Waals surface area contributed by atoms with E-state index in [0.717, 1.165) is 0 Å². The molecule has 0 spiro atoms. The van der Waals surface area contributed by atoms with Crippen molar-refractivity contribution in [2.75, 3.05) is 0 Å². The average molecular weight is 346 g/mol. The Morgan fingerprint density at radius 1 is 1.36 bits per heavy atom. The van der Waals surface area contributed by atoms with Crippen molar-refractivity contribution in [2.24, 2.45) is 11.8 Å². The molecular weight excluding hydrogens is 324 g/mol. The zero-order valence-electron chi connectivity index (χ0n) is 14.6. The summed E-state index contributed by atoms with van der Waals surface area (Å²) in [4.78, 5) is 36.6. The molecule has 3 aliphatic rings. The smallest absolute Gasteiger partial charge is 0.334 e. The Hall–Kier alpha value is -2.21. The zero-order chi connectivity index (χ0) is 18.7. The quantitative estimate of drug-likeness (QED) is 0.604. The van der Waals surface area contributed by atoms with Crippen LogP contribution in [0.4, 0.5) is 0 Å². The average Bonchev–Trinajstić information content (AvgIpc) is 2.90. The molecule has 0 bridgehead atoms. The van der Waals surface area contributed by atoms with Gasteiger partial charge in [-0.2, -0.15) is 0 Å².